The summed E-state index contributed by atoms with van der Waals surface area (Å²) in [5.74, 6) is 0. The molecule has 6 nitrogen and oxygen atoms in total. The Morgan fingerprint density at radius 2 is 1.04 bits per heavy atom. The first-order chi connectivity index (χ1) is 12.5. The normalized spacial score (nSPS) is 11.8. The van der Waals surface area contributed by atoms with Crippen molar-refractivity contribution in [1.29, 1.82) is 0 Å². The number of hydrogen-bond acceptors (Lipinski definition) is 3. The van der Waals surface area contributed by atoms with Gasteiger partial charge in [0.1, 0.15) is 0 Å². The van der Waals surface area contributed by atoms with Gasteiger partial charge in [-0.3, -0.25) is 0 Å². The molecule has 132 valence electrons. The van der Waals surface area contributed by atoms with Gasteiger partial charge in [0.25, 0.3) is 0 Å². The first kappa shape index (κ1) is 17.1. The lowest BCUT2D eigenvalue weighted by atomic mass is 9.53. The molecule has 8 heteroatoms. The van der Waals surface area contributed by atoms with E-state index in [1.807, 2.05) is 71.3 Å². The minimum absolute atomic E-state index is 0.953. The molecule has 0 N–H and O–H groups in total. The van der Waals surface area contributed by atoms with Crippen molar-refractivity contribution < 1.29 is 0 Å². The zero-order valence-electron chi connectivity index (χ0n) is 14.9. The van der Waals surface area contributed by atoms with Gasteiger partial charge in [-0.25, -0.2) is 15.3 Å². The van der Waals surface area contributed by atoms with Gasteiger partial charge < -0.3 is 13.8 Å². The molecule has 0 spiro atoms. The molecule has 0 saturated carbocycles. The van der Waals surface area contributed by atoms with Crippen molar-refractivity contribution >= 4 is 34.6 Å². The number of nitrogens with zero attached hydrogens (tertiary/aromatic N) is 6. The lowest BCUT2D eigenvalue weighted by Crippen LogP contribution is -2.68. The molecule has 4 rings (SSSR count). The third kappa shape index (κ3) is 2.68. The minimum atomic E-state index is -1.75. The van der Waals surface area contributed by atoms with Gasteiger partial charge in [-0.15, -0.1) is 5.46 Å². The summed E-state index contributed by atoms with van der Waals surface area (Å²) < 4.78 is 7.13. The molecule has 3 heterocycles. The van der Waals surface area contributed by atoms with Crippen LogP contribution in [-0.4, -0.2) is 35.6 Å². The zero-order valence-corrected chi connectivity index (χ0v) is 17.1. The predicted molar refractivity (Wildman–Crippen MR) is 112 cm³/mol. The molecule has 0 fully saturated rings. The molecule has 0 aliphatic rings. The summed E-state index contributed by atoms with van der Waals surface area (Å²) in [4.78, 5) is 0. The number of benzene rings is 1. The zero-order chi connectivity index (χ0) is 18.3. The fraction of sp³-hybridized carbons (Fsp3) is 0.167. The van der Waals surface area contributed by atoms with Gasteiger partial charge >= 0.3 is 6.55 Å². The van der Waals surface area contributed by atoms with E-state index < -0.39 is 6.55 Å². The molecular weight excluding hydrogens is 438 g/mol. The van der Waals surface area contributed by atoms with Crippen molar-refractivity contribution in [3.63, 3.8) is 0 Å². The number of halogens is 1. The maximum Gasteiger partial charge on any atom is 0.369 e. The maximum absolute atomic E-state index is 4.77. The molecule has 0 aliphatic carbocycles. The molecular formula is C18H19BIN6-. The smallest absolute Gasteiger partial charge is 0.369 e. The minimum Gasteiger partial charge on any atom is -0.396 e. The summed E-state index contributed by atoms with van der Waals surface area (Å²) in [5.41, 5.74) is 3.94. The van der Waals surface area contributed by atoms with Crippen LogP contribution in [0.3, 0.4) is 0 Å². The lowest BCUT2D eigenvalue weighted by molar-refractivity contribution is 0.732. The topological polar surface area (TPSA) is 53.5 Å². The van der Waals surface area contributed by atoms with E-state index in [0.29, 0.717) is 0 Å². The summed E-state index contributed by atoms with van der Waals surface area (Å²) in [6.07, 6.45) is 6.00. The van der Waals surface area contributed by atoms with Crippen LogP contribution in [0.1, 0.15) is 17.1 Å². The van der Waals surface area contributed by atoms with Crippen LogP contribution in [0, 0.1) is 24.3 Å². The highest BCUT2D eigenvalue weighted by Crippen LogP contribution is 2.16. The molecule has 0 bridgehead atoms. The second kappa shape index (κ2) is 6.42. The molecule has 0 aliphatic heterocycles. The molecule has 0 saturated heterocycles. The van der Waals surface area contributed by atoms with Gasteiger partial charge in [-0.2, -0.15) is 0 Å². The number of rotatable bonds is 4. The monoisotopic (exact) mass is 457 g/mol. The van der Waals surface area contributed by atoms with E-state index in [-0.39, 0.29) is 0 Å². The summed E-state index contributed by atoms with van der Waals surface area (Å²) in [7, 11) is 0. The molecule has 1 aromatic carbocycles. The Morgan fingerprint density at radius 1 is 0.654 bits per heavy atom. The second-order valence-electron chi connectivity index (χ2n) is 6.60. The van der Waals surface area contributed by atoms with E-state index in [1.165, 1.54) is 3.57 Å². The van der Waals surface area contributed by atoms with Crippen LogP contribution in [-0.2, 0) is 0 Å². The Kier molecular flexibility index (Phi) is 4.22. The first-order valence-corrected chi connectivity index (χ1v) is 9.56. The number of aryl methyl sites for hydroxylation is 3. The van der Waals surface area contributed by atoms with Gasteiger partial charge in [-0.1, -0.05) is 24.3 Å². The first-order valence-electron chi connectivity index (χ1n) is 8.49. The van der Waals surface area contributed by atoms with Gasteiger partial charge in [0, 0.05) is 3.57 Å². The molecule has 0 radical (unpaired) electrons. The van der Waals surface area contributed by atoms with Crippen molar-refractivity contribution in [3.05, 3.63) is 81.7 Å². The Labute approximate surface area is 166 Å². The van der Waals surface area contributed by atoms with E-state index in [1.54, 1.807) is 0 Å². The van der Waals surface area contributed by atoms with Crippen LogP contribution in [0.5, 0.6) is 0 Å². The largest absolute Gasteiger partial charge is 0.396 e. The Bertz CT molecular complexity index is 947. The lowest BCUT2D eigenvalue weighted by Gasteiger charge is -2.42. The van der Waals surface area contributed by atoms with Crippen molar-refractivity contribution in [1.82, 2.24) is 29.1 Å². The summed E-state index contributed by atoms with van der Waals surface area (Å²) >= 11 is 2.32. The summed E-state index contributed by atoms with van der Waals surface area (Å²) in [5, 5.41) is 14.3. The highest BCUT2D eigenvalue weighted by Gasteiger charge is 2.37. The van der Waals surface area contributed by atoms with Gasteiger partial charge in [-0.05, 0) is 80.2 Å². The Morgan fingerprint density at radius 3 is 1.35 bits per heavy atom. The standard InChI is InChI=1S/C18H19BIN6/c1-14-8-11-24(21-14)19(25-12-9-15(2)22-25,26-13-10-16(3)23-26)17-4-6-18(20)7-5-17/h4-13H,1-3H3/q-1. The predicted octanol–water partition coefficient (Wildman–Crippen LogP) is 2.60. The number of hydrogen-bond donors (Lipinski definition) is 0. The fourth-order valence-corrected chi connectivity index (χ4v) is 3.80. The fourth-order valence-electron chi connectivity index (χ4n) is 3.44. The van der Waals surface area contributed by atoms with Crippen LogP contribution in [0.15, 0.2) is 61.1 Å². The third-order valence-corrected chi connectivity index (χ3v) is 5.37. The summed E-state index contributed by atoms with van der Waals surface area (Å²) in [6, 6.07) is 14.5. The molecule has 0 amide bonds. The third-order valence-electron chi connectivity index (χ3n) is 4.65. The average Bonchev–Trinajstić information content (AvgIpc) is 3.34. The highest BCUT2D eigenvalue weighted by molar-refractivity contribution is 14.1. The van der Waals surface area contributed by atoms with E-state index >= 15 is 0 Å². The SMILES string of the molecule is Cc1ccn([B-](c2ccc(I)cc2)(n2ccc(C)n2)n2ccc(C)n2)n1. The van der Waals surface area contributed by atoms with Gasteiger partial charge in [0.2, 0.25) is 0 Å². The van der Waals surface area contributed by atoms with Crippen molar-refractivity contribution in [2.75, 3.05) is 0 Å². The van der Waals surface area contributed by atoms with Crippen LogP contribution in [0.25, 0.3) is 0 Å². The van der Waals surface area contributed by atoms with Crippen LogP contribution < -0.4 is 5.46 Å². The van der Waals surface area contributed by atoms with E-state index in [4.69, 9.17) is 15.3 Å². The quantitative estimate of drug-likeness (QED) is 0.350. The van der Waals surface area contributed by atoms with E-state index in [2.05, 4.69) is 46.9 Å². The van der Waals surface area contributed by atoms with E-state index in [9.17, 15) is 0 Å². The van der Waals surface area contributed by atoms with Crippen LogP contribution in [0.2, 0.25) is 0 Å². The van der Waals surface area contributed by atoms with Gasteiger partial charge in [0.05, 0.1) is 17.1 Å². The molecule has 4 aromatic rings. The van der Waals surface area contributed by atoms with Crippen LogP contribution >= 0.6 is 22.6 Å². The second-order valence-corrected chi connectivity index (χ2v) is 7.84. The Hall–Kier alpha value is -2.36. The van der Waals surface area contributed by atoms with Crippen molar-refractivity contribution in [2.45, 2.75) is 20.8 Å². The highest BCUT2D eigenvalue weighted by atomic mass is 127. The molecule has 0 atom stereocenters. The maximum atomic E-state index is 4.77. The van der Waals surface area contributed by atoms with Crippen LogP contribution in [0.4, 0.5) is 0 Å². The van der Waals surface area contributed by atoms with E-state index in [0.717, 1.165) is 22.5 Å². The van der Waals surface area contributed by atoms with Crippen molar-refractivity contribution in [3.8, 4) is 0 Å². The Balaban J connectivity index is 2.10. The average molecular weight is 457 g/mol. The van der Waals surface area contributed by atoms with Crippen molar-refractivity contribution in [2.24, 2.45) is 0 Å². The number of aromatic nitrogens is 6. The molecule has 0 unspecified atom stereocenters. The molecule has 3 aromatic heterocycles. The molecule has 26 heavy (non-hydrogen) atoms. The van der Waals surface area contributed by atoms with Gasteiger partial charge in [0.15, 0.2) is 0 Å². The summed E-state index contributed by atoms with van der Waals surface area (Å²) in [6.45, 7) is 4.23.